The number of thiazole rings is 1. The van der Waals surface area contributed by atoms with E-state index in [1.54, 1.807) is 4.40 Å². The third kappa shape index (κ3) is 1.28. The van der Waals surface area contributed by atoms with Crippen LogP contribution in [-0.2, 0) is 6.42 Å². The van der Waals surface area contributed by atoms with Gasteiger partial charge in [0.2, 0.25) is 0 Å². The van der Waals surface area contributed by atoms with Crippen LogP contribution in [0.2, 0.25) is 0 Å². The van der Waals surface area contributed by atoms with Crippen LogP contribution in [0.3, 0.4) is 0 Å². The Bertz CT molecular complexity index is 566. The van der Waals surface area contributed by atoms with Crippen LogP contribution in [0.25, 0.3) is 4.96 Å². The highest BCUT2D eigenvalue weighted by molar-refractivity contribution is 7.15. The van der Waals surface area contributed by atoms with Crippen LogP contribution in [0.5, 0.6) is 0 Å². The first-order chi connectivity index (χ1) is 7.72. The molecule has 1 fully saturated rings. The molecular weight excluding hydrogens is 224 g/mol. The lowest BCUT2D eigenvalue weighted by molar-refractivity contribution is 0.0687. The Balaban J connectivity index is 2.31. The number of aromatic carboxylic acids is 1. The minimum Gasteiger partial charge on any atom is -0.477 e. The average Bonchev–Trinajstić information content (AvgIpc) is 2.90. The second-order valence-electron chi connectivity index (χ2n) is 4.12. The molecule has 5 heteroatoms. The molecule has 1 aliphatic rings. The summed E-state index contributed by atoms with van der Waals surface area (Å²) in [5, 5.41) is 11.3. The highest BCUT2D eigenvalue weighted by atomic mass is 32.1. The number of carboxylic acid groups (broad SMARTS) is 1. The van der Waals surface area contributed by atoms with E-state index < -0.39 is 5.97 Å². The molecule has 2 heterocycles. The third-order valence-corrected chi connectivity index (χ3v) is 3.86. The molecule has 0 radical (unpaired) electrons. The van der Waals surface area contributed by atoms with Gasteiger partial charge >= 0.3 is 5.97 Å². The van der Waals surface area contributed by atoms with E-state index >= 15 is 0 Å². The Kier molecular flexibility index (Phi) is 2.04. The Morgan fingerprint density at radius 2 is 2.44 bits per heavy atom. The van der Waals surface area contributed by atoms with E-state index in [1.165, 1.54) is 11.3 Å². The van der Waals surface area contributed by atoms with Crippen molar-refractivity contribution in [1.82, 2.24) is 9.38 Å². The zero-order valence-electron chi connectivity index (χ0n) is 8.93. The molecule has 0 spiro atoms. The number of carboxylic acids is 1. The first-order valence-electron chi connectivity index (χ1n) is 5.44. The van der Waals surface area contributed by atoms with Gasteiger partial charge < -0.3 is 5.11 Å². The predicted molar refractivity (Wildman–Crippen MR) is 61.4 cm³/mol. The van der Waals surface area contributed by atoms with E-state index in [0.717, 1.165) is 35.6 Å². The van der Waals surface area contributed by atoms with Crippen molar-refractivity contribution in [2.75, 3.05) is 0 Å². The van der Waals surface area contributed by atoms with Crippen molar-refractivity contribution in [3.8, 4) is 0 Å². The highest BCUT2D eigenvalue weighted by Crippen LogP contribution is 2.42. The maximum Gasteiger partial charge on any atom is 0.354 e. The van der Waals surface area contributed by atoms with Crippen LogP contribution in [0.1, 0.15) is 47.6 Å². The number of carbonyl (C=O) groups is 1. The second kappa shape index (κ2) is 3.31. The Morgan fingerprint density at radius 1 is 1.69 bits per heavy atom. The molecule has 0 bridgehead atoms. The minimum absolute atomic E-state index is 0.378. The van der Waals surface area contributed by atoms with Crippen LogP contribution in [0.15, 0.2) is 5.38 Å². The largest absolute Gasteiger partial charge is 0.477 e. The van der Waals surface area contributed by atoms with E-state index in [2.05, 4.69) is 4.98 Å². The van der Waals surface area contributed by atoms with E-state index in [-0.39, 0.29) is 0 Å². The Hall–Kier alpha value is -1.36. The molecular formula is C11H12N2O2S. The minimum atomic E-state index is -0.859. The summed E-state index contributed by atoms with van der Waals surface area (Å²) in [4.78, 5) is 16.6. The van der Waals surface area contributed by atoms with Gasteiger partial charge in [0, 0.05) is 17.0 Å². The molecule has 1 N–H and O–H groups in total. The van der Waals surface area contributed by atoms with Crippen LogP contribution >= 0.6 is 11.3 Å². The first kappa shape index (κ1) is 9.84. The number of hydrogen-bond donors (Lipinski definition) is 1. The van der Waals surface area contributed by atoms with E-state index in [9.17, 15) is 9.90 Å². The molecule has 0 unspecified atom stereocenters. The SMILES string of the molecule is CCc1csc2nc(C3CC3)c(C(=O)O)n12. The molecule has 0 aromatic carbocycles. The van der Waals surface area contributed by atoms with Gasteiger partial charge in [-0.15, -0.1) is 11.3 Å². The number of hydrogen-bond acceptors (Lipinski definition) is 3. The van der Waals surface area contributed by atoms with Gasteiger partial charge in [-0.25, -0.2) is 9.78 Å². The zero-order chi connectivity index (χ0) is 11.3. The van der Waals surface area contributed by atoms with Crippen molar-refractivity contribution in [3.63, 3.8) is 0 Å². The average molecular weight is 236 g/mol. The maximum absolute atomic E-state index is 11.3. The molecule has 84 valence electrons. The summed E-state index contributed by atoms with van der Waals surface area (Å²) in [5.41, 5.74) is 2.21. The Labute approximate surface area is 96.5 Å². The summed E-state index contributed by atoms with van der Waals surface area (Å²) in [6, 6.07) is 0. The van der Waals surface area contributed by atoms with Crippen molar-refractivity contribution >= 4 is 22.3 Å². The first-order valence-corrected chi connectivity index (χ1v) is 6.32. The molecule has 2 aromatic heterocycles. The van der Waals surface area contributed by atoms with Crippen molar-refractivity contribution in [1.29, 1.82) is 0 Å². The molecule has 0 atom stereocenters. The molecule has 0 aliphatic heterocycles. The summed E-state index contributed by atoms with van der Waals surface area (Å²) >= 11 is 1.52. The third-order valence-electron chi connectivity index (χ3n) is 2.99. The topological polar surface area (TPSA) is 54.6 Å². The van der Waals surface area contributed by atoms with Gasteiger partial charge in [0.25, 0.3) is 0 Å². The molecule has 1 saturated carbocycles. The lowest BCUT2D eigenvalue weighted by Gasteiger charge is -1.99. The number of nitrogens with zero attached hydrogens (tertiary/aromatic N) is 2. The van der Waals surface area contributed by atoms with Gasteiger partial charge in [0.05, 0.1) is 5.69 Å². The molecule has 3 rings (SSSR count). The molecule has 4 nitrogen and oxygen atoms in total. The predicted octanol–water partition coefficient (Wildman–Crippen LogP) is 2.53. The quantitative estimate of drug-likeness (QED) is 0.891. The number of fused-ring (bicyclic) bond motifs is 1. The highest BCUT2D eigenvalue weighted by Gasteiger charge is 2.33. The fourth-order valence-corrected chi connectivity index (χ4v) is 3.00. The van der Waals surface area contributed by atoms with Gasteiger partial charge in [-0.3, -0.25) is 4.40 Å². The van der Waals surface area contributed by atoms with Gasteiger partial charge in [-0.1, -0.05) is 6.92 Å². The van der Waals surface area contributed by atoms with Gasteiger partial charge in [0.1, 0.15) is 0 Å². The van der Waals surface area contributed by atoms with Crippen LogP contribution in [0.4, 0.5) is 0 Å². The second-order valence-corrected chi connectivity index (χ2v) is 4.96. The fraction of sp³-hybridized carbons (Fsp3) is 0.455. The number of aryl methyl sites for hydroxylation is 1. The van der Waals surface area contributed by atoms with Crippen LogP contribution < -0.4 is 0 Å². The summed E-state index contributed by atoms with van der Waals surface area (Å²) in [6.45, 7) is 2.03. The zero-order valence-corrected chi connectivity index (χ0v) is 9.75. The fourth-order valence-electron chi connectivity index (χ4n) is 2.02. The summed E-state index contributed by atoms with van der Waals surface area (Å²) in [7, 11) is 0. The van der Waals surface area contributed by atoms with Gasteiger partial charge in [-0.2, -0.15) is 0 Å². The lowest BCUT2D eigenvalue weighted by Crippen LogP contribution is -2.06. The van der Waals surface area contributed by atoms with E-state index in [4.69, 9.17) is 0 Å². The molecule has 0 amide bonds. The number of imidazole rings is 1. The Morgan fingerprint density at radius 3 is 3.00 bits per heavy atom. The van der Waals surface area contributed by atoms with Crippen LogP contribution in [0, 0.1) is 0 Å². The summed E-state index contributed by atoms with van der Waals surface area (Å²) < 4.78 is 1.81. The standard InChI is InChI=1S/C11H12N2O2S/c1-2-7-5-16-11-12-8(6-3-4-6)9(10(14)15)13(7)11/h5-6H,2-4H2,1H3,(H,14,15). The normalized spacial score (nSPS) is 15.8. The molecule has 1 aliphatic carbocycles. The van der Waals surface area contributed by atoms with Crippen LogP contribution in [-0.4, -0.2) is 20.5 Å². The molecule has 16 heavy (non-hydrogen) atoms. The van der Waals surface area contributed by atoms with Gasteiger partial charge in [-0.05, 0) is 19.3 Å². The number of rotatable bonds is 3. The summed E-state index contributed by atoms with van der Waals surface area (Å²) in [5.74, 6) is -0.481. The van der Waals surface area contributed by atoms with Crippen molar-refractivity contribution < 1.29 is 9.90 Å². The molecule has 0 saturated heterocycles. The lowest BCUT2D eigenvalue weighted by atomic mass is 10.2. The van der Waals surface area contributed by atoms with Crippen molar-refractivity contribution in [2.24, 2.45) is 0 Å². The number of aromatic nitrogens is 2. The monoisotopic (exact) mass is 236 g/mol. The van der Waals surface area contributed by atoms with E-state index in [0.29, 0.717) is 11.6 Å². The van der Waals surface area contributed by atoms with E-state index in [1.807, 2.05) is 12.3 Å². The van der Waals surface area contributed by atoms with Crippen molar-refractivity contribution in [3.05, 3.63) is 22.5 Å². The maximum atomic E-state index is 11.3. The smallest absolute Gasteiger partial charge is 0.354 e. The van der Waals surface area contributed by atoms with Crippen molar-refractivity contribution in [2.45, 2.75) is 32.1 Å². The summed E-state index contributed by atoms with van der Waals surface area (Å²) in [6.07, 6.45) is 2.99. The molecule has 2 aromatic rings. The van der Waals surface area contributed by atoms with Gasteiger partial charge in [0.15, 0.2) is 10.7 Å².